The number of halogens is 5. The molecule has 1 amide bonds. The number of nitrogens with one attached hydrogen (secondary N) is 1. The van der Waals surface area contributed by atoms with Gasteiger partial charge in [0.05, 0.1) is 7.11 Å². The molecule has 1 aromatic carbocycles. The van der Waals surface area contributed by atoms with Crippen molar-refractivity contribution in [2.24, 2.45) is 0 Å². The lowest BCUT2D eigenvalue weighted by atomic mass is 10.2. The van der Waals surface area contributed by atoms with E-state index in [0.717, 1.165) is 21.3 Å². The molecule has 0 aliphatic heterocycles. The lowest BCUT2D eigenvalue weighted by Gasteiger charge is -2.18. The van der Waals surface area contributed by atoms with Gasteiger partial charge in [-0.1, -0.05) is 0 Å². The van der Waals surface area contributed by atoms with Gasteiger partial charge in [-0.15, -0.1) is 0 Å². The number of amides is 1. The molecule has 140 valence electrons. The minimum atomic E-state index is -4.53. The Morgan fingerprint density at radius 1 is 0.920 bits per heavy atom. The van der Waals surface area contributed by atoms with Crippen LogP contribution < -0.4 is 5.32 Å². The third-order valence-corrected chi connectivity index (χ3v) is 4.72. The first kappa shape index (κ1) is 20.9. The average Bonchev–Trinajstić information content (AvgIpc) is 2.61. The van der Waals surface area contributed by atoms with Crippen LogP contribution in [0, 0.1) is 29.1 Å². The first-order valence-corrected chi connectivity index (χ1v) is 7.62. The highest BCUT2D eigenvalue weighted by molar-refractivity contribution is 7.60. The van der Waals surface area contributed by atoms with Gasteiger partial charge in [-0.2, -0.15) is 0 Å². The van der Waals surface area contributed by atoms with Crippen molar-refractivity contribution >= 4 is 19.2 Å². The maximum absolute atomic E-state index is 13.6. The van der Waals surface area contributed by atoms with Crippen LogP contribution in [0.25, 0.3) is 0 Å². The van der Waals surface area contributed by atoms with E-state index in [2.05, 4.69) is 13.8 Å². The second-order valence-corrected chi connectivity index (χ2v) is 6.29. The molecule has 7 nitrogen and oxygen atoms in total. The molecule has 1 aromatic rings. The first-order valence-electron chi connectivity index (χ1n) is 6.07. The molecule has 0 aliphatic rings. The number of ether oxygens (including phenoxy) is 1. The molecule has 0 fully saturated rings. The molecule has 13 heteroatoms. The molecule has 2 N–H and O–H groups in total. The minimum absolute atomic E-state index is 0.804. The van der Waals surface area contributed by atoms with Gasteiger partial charge in [-0.05, 0) is 0 Å². The van der Waals surface area contributed by atoms with Gasteiger partial charge >= 0.3 is 7.60 Å². The Morgan fingerprint density at radius 2 is 1.32 bits per heavy atom. The SMILES string of the molecule is CO/C(O)=C(/C(=O)Nc1c(F)c(F)c(F)c(F)c1F)P(=O)(OC)OC. The van der Waals surface area contributed by atoms with Crippen molar-refractivity contribution in [3.8, 4) is 0 Å². The molecule has 0 bridgehead atoms. The van der Waals surface area contributed by atoms with Gasteiger partial charge in [-0.3, -0.25) is 9.36 Å². The zero-order valence-electron chi connectivity index (χ0n) is 12.8. The van der Waals surface area contributed by atoms with E-state index >= 15 is 0 Å². The highest BCUT2D eigenvalue weighted by atomic mass is 31.2. The van der Waals surface area contributed by atoms with E-state index in [1.54, 1.807) is 0 Å². The summed E-state index contributed by atoms with van der Waals surface area (Å²) in [4.78, 5) is 12.1. The average molecular weight is 391 g/mol. The van der Waals surface area contributed by atoms with Gasteiger partial charge in [0.2, 0.25) is 11.1 Å². The lowest BCUT2D eigenvalue weighted by Crippen LogP contribution is -2.21. The topological polar surface area (TPSA) is 94.1 Å². The Kier molecular flexibility index (Phi) is 6.52. The maximum atomic E-state index is 13.6. The van der Waals surface area contributed by atoms with Crippen LogP contribution in [0.2, 0.25) is 0 Å². The van der Waals surface area contributed by atoms with Crippen molar-refractivity contribution in [1.29, 1.82) is 0 Å². The summed E-state index contributed by atoms with van der Waals surface area (Å²) in [6, 6.07) is 0. The number of carbonyl (C=O) groups excluding carboxylic acids is 1. The predicted octanol–water partition coefficient (Wildman–Crippen LogP) is 3.18. The second-order valence-electron chi connectivity index (χ2n) is 4.12. The maximum Gasteiger partial charge on any atom is 0.373 e. The summed E-state index contributed by atoms with van der Waals surface area (Å²) >= 11 is 0. The number of aliphatic hydroxyl groups excluding tert-OH is 1. The van der Waals surface area contributed by atoms with Crippen LogP contribution in [0.5, 0.6) is 0 Å². The number of rotatable bonds is 6. The summed E-state index contributed by atoms with van der Waals surface area (Å²) in [5.74, 6) is -14.9. The molecule has 0 heterocycles. The van der Waals surface area contributed by atoms with E-state index in [1.165, 1.54) is 5.32 Å². The zero-order chi connectivity index (χ0) is 19.5. The summed E-state index contributed by atoms with van der Waals surface area (Å²) in [5.41, 5.74) is -1.73. The summed E-state index contributed by atoms with van der Waals surface area (Å²) in [6.45, 7) is 0. The summed E-state index contributed by atoms with van der Waals surface area (Å²) in [5, 5.41) is 9.58. The Hall–Kier alpha value is -2.17. The Morgan fingerprint density at radius 3 is 1.68 bits per heavy atom. The van der Waals surface area contributed by atoms with Gasteiger partial charge < -0.3 is 24.2 Å². The largest absolute Gasteiger partial charge is 0.480 e. The van der Waals surface area contributed by atoms with Gasteiger partial charge in [-0.25, -0.2) is 22.0 Å². The fourth-order valence-corrected chi connectivity index (χ4v) is 2.72. The number of hydrogen-bond donors (Lipinski definition) is 2. The molecule has 25 heavy (non-hydrogen) atoms. The summed E-state index contributed by atoms with van der Waals surface area (Å²) < 4.78 is 91.9. The van der Waals surface area contributed by atoms with Crippen molar-refractivity contribution < 1.29 is 50.2 Å². The molecule has 0 atom stereocenters. The molecule has 1 rings (SSSR count). The van der Waals surface area contributed by atoms with Crippen LogP contribution in [0.3, 0.4) is 0 Å². The van der Waals surface area contributed by atoms with Crippen LogP contribution >= 0.6 is 7.60 Å². The lowest BCUT2D eigenvalue weighted by molar-refractivity contribution is -0.112. The van der Waals surface area contributed by atoms with Gasteiger partial charge in [0.1, 0.15) is 5.69 Å². The van der Waals surface area contributed by atoms with E-state index in [9.17, 15) is 36.4 Å². The second kappa shape index (κ2) is 7.81. The number of carbonyl (C=O) groups is 1. The number of hydrogen-bond acceptors (Lipinski definition) is 6. The fraction of sp³-hybridized carbons (Fsp3) is 0.250. The zero-order valence-corrected chi connectivity index (χ0v) is 13.7. The number of anilines is 1. The molecule has 0 aromatic heterocycles. The predicted molar refractivity (Wildman–Crippen MR) is 73.2 cm³/mol. The van der Waals surface area contributed by atoms with Crippen molar-refractivity contribution in [3.63, 3.8) is 0 Å². The van der Waals surface area contributed by atoms with Crippen molar-refractivity contribution in [3.05, 3.63) is 40.3 Å². The van der Waals surface area contributed by atoms with Crippen LogP contribution in [-0.2, 0) is 23.1 Å². The van der Waals surface area contributed by atoms with Crippen LogP contribution in [0.1, 0.15) is 0 Å². The van der Waals surface area contributed by atoms with Gasteiger partial charge in [0.25, 0.3) is 11.9 Å². The molecular formula is C12H11F5NO6P. The van der Waals surface area contributed by atoms with E-state index < -0.39 is 59.5 Å². The van der Waals surface area contributed by atoms with E-state index in [-0.39, 0.29) is 0 Å². The third-order valence-electron chi connectivity index (χ3n) is 2.81. The quantitative estimate of drug-likeness (QED) is 0.193. The first-order chi connectivity index (χ1) is 11.5. The van der Waals surface area contributed by atoms with Crippen LogP contribution in [0.4, 0.5) is 27.6 Å². The molecule has 0 saturated carbocycles. The van der Waals surface area contributed by atoms with Gasteiger partial charge in [0, 0.05) is 14.2 Å². The molecule has 0 unspecified atom stereocenters. The smallest absolute Gasteiger partial charge is 0.373 e. The molecule has 0 radical (unpaired) electrons. The van der Waals surface area contributed by atoms with Gasteiger partial charge in [0.15, 0.2) is 23.3 Å². The van der Waals surface area contributed by atoms with Crippen LogP contribution in [-0.4, -0.2) is 32.3 Å². The normalized spacial score (nSPS) is 12.6. The highest BCUT2D eigenvalue weighted by Gasteiger charge is 2.39. The summed E-state index contributed by atoms with van der Waals surface area (Å²) in [6.07, 6.45) is 0. The number of benzene rings is 1. The molecule has 0 aliphatic carbocycles. The standard InChI is InChI=1S/C12H11F5NO6P/c1-22-12(20)10(25(21,23-2)24-3)11(19)18-9-7(16)5(14)4(13)6(15)8(9)17/h20H,1-3H3,(H,18,19)/b12-10-. The summed E-state index contributed by atoms with van der Waals surface area (Å²) in [7, 11) is -2.10. The van der Waals surface area contributed by atoms with Crippen LogP contribution in [0.15, 0.2) is 11.3 Å². The van der Waals surface area contributed by atoms with Crippen molar-refractivity contribution in [1.82, 2.24) is 0 Å². The Labute approximate surface area is 137 Å². The molecule has 0 saturated heterocycles. The van der Waals surface area contributed by atoms with E-state index in [0.29, 0.717) is 0 Å². The Balaban J connectivity index is 3.50. The fourth-order valence-electron chi connectivity index (χ4n) is 1.58. The molecule has 0 spiro atoms. The van der Waals surface area contributed by atoms with E-state index in [1.807, 2.05) is 0 Å². The van der Waals surface area contributed by atoms with Crippen molar-refractivity contribution in [2.75, 3.05) is 26.6 Å². The van der Waals surface area contributed by atoms with E-state index in [4.69, 9.17) is 0 Å². The number of methoxy groups -OCH3 is 1. The number of aliphatic hydroxyl groups is 1. The van der Waals surface area contributed by atoms with Crippen molar-refractivity contribution in [2.45, 2.75) is 0 Å². The minimum Gasteiger partial charge on any atom is -0.480 e. The Bertz CT molecular complexity index is 747. The monoisotopic (exact) mass is 391 g/mol. The molecular weight excluding hydrogens is 380 g/mol. The third kappa shape index (κ3) is 3.75. The highest BCUT2D eigenvalue weighted by Crippen LogP contribution is 2.56.